The fourth-order valence-electron chi connectivity index (χ4n) is 3.27. The van der Waals surface area contributed by atoms with Gasteiger partial charge < -0.3 is 9.64 Å². The number of anilines is 1. The predicted molar refractivity (Wildman–Crippen MR) is 109 cm³/mol. The van der Waals surface area contributed by atoms with Crippen LogP contribution in [0.2, 0.25) is 0 Å². The van der Waals surface area contributed by atoms with Crippen molar-refractivity contribution >= 4 is 27.6 Å². The molecule has 0 N–H and O–H groups in total. The van der Waals surface area contributed by atoms with Crippen molar-refractivity contribution in [3.8, 4) is 0 Å². The van der Waals surface area contributed by atoms with Crippen LogP contribution in [0.3, 0.4) is 0 Å². The lowest BCUT2D eigenvalue weighted by Gasteiger charge is -2.32. The molecule has 1 aliphatic heterocycles. The number of hydrogen-bond acceptors (Lipinski definition) is 5. The van der Waals surface area contributed by atoms with Crippen molar-refractivity contribution < 1.29 is 22.7 Å². The Kier molecular flexibility index (Phi) is 7.46. The van der Waals surface area contributed by atoms with E-state index in [0.717, 1.165) is 16.1 Å². The predicted octanol–water partition coefficient (Wildman–Crippen LogP) is 2.38. The number of piperidine rings is 1. The van der Waals surface area contributed by atoms with E-state index >= 15 is 0 Å². The third kappa shape index (κ3) is 5.70. The quantitative estimate of drug-likeness (QED) is 0.645. The topological polar surface area (TPSA) is 84.0 Å². The minimum absolute atomic E-state index is 0.196. The van der Waals surface area contributed by atoms with E-state index in [2.05, 4.69) is 13.8 Å². The maximum absolute atomic E-state index is 12.7. The van der Waals surface area contributed by atoms with Crippen LogP contribution in [0.25, 0.3) is 0 Å². The zero-order chi connectivity index (χ0) is 20.9. The van der Waals surface area contributed by atoms with Gasteiger partial charge in [0.2, 0.25) is 15.9 Å². The van der Waals surface area contributed by atoms with E-state index in [-0.39, 0.29) is 24.3 Å². The Labute approximate surface area is 167 Å². The van der Waals surface area contributed by atoms with Crippen molar-refractivity contribution in [2.75, 3.05) is 36.8 Å². The molecular formula is C20H30N2O5S. The van der Waals surface area contributed by atoms with Gasteiger partial charge in [-0.1, -0.05) is 26.0 Å². The Morgan fingerprint density at radius 2 is 1.75 bits per heavy atom. The Bertz CT molecular complexity index is 781. The number of likely N-dealkylation sites (tertiary alicyclic amines) is 1. The van der Waals surface area contributed by atoms with Crippen LogP contribution in [0.4, 0.5) is 5.69 Å². The summed E-state index contributed by atoms with van der Waals surface area (Å²) in [5, 5.41) is 0. The lowest BCUT2D eigenvalue weighted by atomic mass is 9.97. The van der Waals surface area contributed by atoms with E-state index in [1.165, 1.54) is 0 Å². The molecule has 1 aliphatic rings. The summed E-state index contributed by atoms with van der Waals surface area (Å²) in [6.45, 7) is 6.84. The fourth-order valence-corrected chi connectivity index (χ4v) is 4.12. The van der Waals surface area contributed by atoms with Crippen LogP contribution < -0.4 is 4.31 Å². The first-order valence-electron chi connectivity index (χ1n) is 9.65. The van der Waals surface area contributed by atoms with Gasteiger partial charge in [0.05, 0.1) is 24.5 Å². The summed E-state index contributed by atoms with van der Waals surface area (Å²) < 4.78 is 30.7. The second-order valence-electron chi connectivity index (χ2n) is 7.42. The van der Waals surface area contributed by atoms with Gasteiger partial charge in [0.25, 0.3) is 0 Å². The summed E-state index contributed by atoms with van der Waals surface area (Å²) in [4.78, 5) is 26.2. The van der Waals surface area contributed by atoms with Gasteiger partial charge in [-0.05, 0) is 43.4 Å². The molecule has 0 bridgehead atoms. The number of esters is 1. The SMILES string of the molecule is CCOC(=O)C1CCN(C(=O)CN(c2ccc(C(C)C)cc2)S(C)(=O)=O)CC1. The fraction of sp³-hybridized carbons (Fsp3) is 0.600. The molecule has 0 aliphatic carbocycles. The van der Waals surface area contributed by atoms with Crippen LogP contribution in [0.5, 0.6) is 0 Å². The second-order valence-corrected chi connectivity index (χ2v) is 9.33. The zero-order valence-corrected chi connectivity index (χ0v) is 17.9. The van der Waals surface area contributed by atoms with E-state index in [1.807, 2.05) is 12.1 Å². The van der Waals surface area contributed by atoms with Crippen LogP contribution >= 0.6 is 0 Å². The maximum atomic E-state index is 12.7. The minimum atomic E-state index is -3.60. The molecule has 1 fully saturated rings. The third-order valence-corrected chi connectivity index (χ3v) is 6.14. The molecule has 0 radical (unpaired) electrons. The van der Waals surface area contributed by atoms with Gasteiger partial charge in [-0.3, -0.25) is 13.9 Å². The Morgan fingerprint density at radius 1 is 1.18 bits per heavy atom. The lowest BCUT2D eigenvalue weighted by Crippen LogP contribution is -2.46. The molecule has 0 unspecified atom stereocenters. The maximum Gasteiger partial charge on any atom is 0.309 e. The van der Waals surface area contributed by atoms with Gasteiger partial charge in [0.15, 0.2) is 0 Å². The average Bonchev–Trinajstić information content (AvgIpc) is 2.65. The molecule has 0 saturated carbocycles. The number of hydrogen-bond donors (Lipinski definition) is 0. The number of nitrogens with zero attached hydrogens (tertiary/aromatic N) is 2. The Hall–Kier alpha value is -2.09. The summed E-state index contributed by atoms with van der Waals surface area (Å²) in [5.41, 5.74) is 1.58. The second kappa shape index (κ2) is 9.41. The summed E-state index contributed by atoms with van der Waals surface area (Å²) in [7, 11) is -3.60. The zero-order valence-electron chi connectivity index (χ0n) is 17.1. The van der Waals surface area contributed by atoms with Gasteiger partial charge in [-0.15, -0.1) is 0 Å². The van der Waals surface area contributed by atoms with E-state index in [9.17, 15) is 18.0 Å². The third-order valence-electron chi connectivity index (χ3n) is 4.99. The molecule has 1 amide bonds. The lowest BCUT2D eigenvalue weighted by molar-refractivity contribution is -0.151. The molecule has 1 heterocycles. The first-order chi connectivity index (χ1) is 13.1. The summed E-state index contributed by atoms with van der Waals surface area (Å²) in [6.07, 6.45) is 2.17. The van der Waals surface area contributed by atoms with Crippen molar-refractivity contribution in [1.29, 1.82) is 0 Å². The largest absolute Gasteiger partial charge is 0.466 e. The van der Waals surface area contributed by atoms with Gasteiger partial charge in [-0.2, -0.15) is 0 Å². The molecule has 156 valence electrons. The van der Waals surface area contributed by atoms with E-state index in [4.69, 9.17) is 4.74 Å². The first kappa shape index (κ1) is 22.2. The van der Waals surface area contributed by atoms with E-state index in [1.54, 1.807) is 24.0 Å². The van der Waals surface area contributed by atoms with Crippen molar-refractivity contribution in [3.63, 3.8) is 0 Å². The summed E-state index contributed by atoms with van der Waals surface area (Å²) >= 11 is 0. The molecule has 1 aromatic carbocycles. The highest BCUT2D eigenvalue weighted by Gasteiger charge is 2.30. The number of carbonyl (C=O) groups is 2. The van der Waals surface area contributed by atoms with Gasteiger partial charge in [0.1, 0.15) is 6.54 Å². The standard InChI is InChI=1S/C20H30N2O5S/c1-5-27-20(24)17-10-12-21(13-11-17)19(23)14-22(28(4,25)26)18-8-6-16(7-9-18)15(2)3/h6-9,15,17H,5,10-14H2,1-4H3. The molecule has 1 aromatic rings. The highest BCUT2D eigenvalue weighted by Crippen LogP contribution is 2.23. The van der Waals surface area contributed by atoms with Gasteiger partial charge in [-0.25, -0.2) is 8.42 Å². The number of sulfonamides is 1. The summed E-state index contributed by atoms with van der Waals surface area (Å²) in [6, 6.07) is 7.23. The Balaban J connectivity index is 2.05. The first-order valence-corrected chi connectivity index (χ1v) is 11.5. The summed E-state index contributed by atoms with van der Waals surface area (Å²) in [5.74, 6) is -0.347. The van der Waals surface area contributed by atoms with Crippen molar-refractivity contribution in [1.82, 2.24) is 4.90 Å². The van der Waals surface area contributed by atoms with Crippen LogP contribution in [-0.4, -0.2) is 57.7 Å². The number of ether oxygens (including phenoxy) is 1. The molecule has 2 rings (SSSR count). The minimum Gasteiger partial charge on any atom is -0.466 e. The van der Waals surface area contributed by atoms with Crippen LogP contribution in [0.1, 0.15) is 45.1 Å². The van der Waals surface area contributed by atoms with Crippen molar-refractivity contribution in [3.05, 3.63) is 29.8 Å². The van der Waals surface area contributed by atoms with Crippen LogP contribution in [-0.2, 0) is 24.3 Å². The average molecular weight is 411 g/mol. The highest BCUT2D eigenvalue weighted by molar-refractivity contribution is 7.92. The van der Waals surface area contributed by atoms with Gasteiger partial charge >= 0.3 is 5.97 Å². The molecule has 1 saturated heterocycles. The molecule has 0 aromatic heterocycles. The van der Waals surface area contributed by atoms with E-state index < -0.39 is 10.0 Å². The Morgan fingerprint density at radius 3 is 2.21 bits per heavy atom. The number of amides is 1. The van der Waals surface area contributed by atoms with Crippen molar-refractivity contribution in [2.24, 2.45) is 5.92 Å². The van der Waals surface area contributed by atoms with E-state index in [0.29, 0.717) is 44.1 Å². The van der Waals surface area contributed by atoms with Gasteiger partial charge in [0, 0.05) is 13.1 Å². The molecule has 7 nitrogen and oxygen atoms in total. The van der Waals surface area contributed by atoms with Crippen LogP contribution in [0, 0.1) is 5.92 Å². The van der Waals surface area contributed by atoms with Crippen molar-refractivity contribution in [2.45, 2.75) is 39.5 Å². The smallest absolute Gasteiger partial charge is 0.309 e. The highest BCUT2D eigenvalue weighted by atomic mass is 32.2. The number of carbonyl (C=O) groups excluding carboxylic acids is 2. The van der Waals surface area contributed by atoms with Crippen LogP contribution in [0.15, 0.2) is 24.3 Å². The normalized spacial score (nSPS) is 15.5. The number of benzene rings is 1. The molecule has 0 atom stereocenters. The molecular weight excluding hydrogens is 380 g/mol. The molecule has 8 heteroatoms. The molecule has 28 heavy (non-hydrogen) atoms. The number of rotatable bonds is 7. The monoisotopic (exact) mass is 410 g/mol. The molecule has 0 spiro atoms.